The van der Waals surface area contributed by atoms with E-state index in [1.54, 1.807) is 0 Å². The van der Waals surface area contributed by atoms with E-state index in [1.807, 2.05) is 30.3 Å². The van der Waals surface area contributed by atoms with Crippen molar-refractivity contribution >= 4 is 5.69 Å². The number of fused-ring (bicyclic) bond motifs is 1. The number of nitrogens with one attached hydrogen (secondary N) is 1. The van der Waals surface area contributed by atoms with Gasteiger partial charge in [0.1, 0.15) is 0 Å². The van der Waals surface area contributed by atoms with E-state index in [0.29, 0.717) is 6.54 Å². The van der Waals surface area contributed by atoms with Crippen molar-refractivity contribution in [1.29, 1.82) is 0 Å². The van der Waals surface area contributed by atoms with Crippen LogP contribution < -0.4 is 5.32 Å². The molecule has 1 aliphatic rings. The standard InChI is InChI=1S/C17H19NO/c19-17(14-5-2-1-3-6-14)12-18-16-10-9-13-7-4-8-15(13)11-16/h1-3,5-6,9-11,17-19H,4,7-8,12H2. The molecule has 2 aromatic carbocycles. The summed E-state index contributed by atoms with van der Waals surface area (Å²) in [6, 6.07) is 16.3. The maximum Gasteiger partial charge on any atom is 0.0962 e. The molecule has 1 atom stereocenters. The second kappa shape index (κ2) is 5.45. The molecule has 0 aromatic heterocycles. The number of anilines is 1. The Balaban J connectivity index is 1.63. The third-order valence-corrected chi connectivity index (χ3v) is 3.78. The molecule has 2 nitrogen and oxygen atoms in total. The van der Waals surface area contributed by atoms with Crippen molar-refractivity contribution in [2.75, 3.05) is 11.9 Å². The molecule has 1 unspecified atom stereocenters. The zero-order valence-electron chi connectivity index (χ0n) is 11.0. The minimum absolute atomic E-state index is 0.463. The third-order valence-electron chi connectivity index (χ3n) is 3.78. The summed E-state index contributed by atoms with van der Waals surface area (Å²) in [5, 5.41) is 13.4. The summed E-state index contributed by atoms with van der Waals surface area (Å²) in [6.07, 6.45) is 3.20. The average Bonchev–Trinajstić information content (AvgIpc) is 2.93. The molecule has 2 heteroatoms. The molecular weight excluding hydrogens is 234 g/mol. The molecule has 0 heterocycles. The van der Waals surface area contributed by atoms with Gasteiger partial charge in [-0.25, -0.2) is 0 Å². The van der Waals surface area contributed by atoms with Crippen molar-refractivity contribution in [3.05, 3.63) is 65.2 Å². The Hall–Kier alpha value is -1.80. The maximum absolute atomic E-state index is 10.1. The van der Waals surface area contributed by atoms with Crippen molar-refractivity contribution in [2.45, 2.75) is 25.4 Å². The minimum atomic E-state index is -0.463. The van der Waals surface area contributed by atoms with Crippen LogP contribution in [0.4, 0.5) is 5.69 Å². The van der Waals surface area contributed by atoms with Gasteiger partial charge in [0.2, 0.25) is 0 Å². The number of hydrogen-bond donors (Lipinski definition) is 2. The lowest BCUT2D eigenvalue weighted by Gasteiger charge is -2.14. The van der Waals surface area contributed by atoms with Crippen molar-refractivity contribution in [2.24, 2.45) is 0 Å². The van der Waals surface area contributed by atoms with E-state index < -0.39 is 6.10 Å². The van der Waals surface area contributed by atoms with E-state index >= 15 is 0 Å². The van der Waals surface area contributed by atoms with Gasteiger partial charge in [0.25, 0.3) is 0 Å². The topological polar surface area (TPSA) is 32.3 Å². The zero-order valence-corrected chi connectivity index (χ0v) is 11.0. The van der Waals surface area contributed by atoms with Crippen LogP contribution in [0.5, 0.6) is 0 Å². The summed E-state index contributed by atoms with van der Waals surface area (Å²) in [4.78, 5) is 0. The van der Waals surface area contributed by atoms with E-state index in [2.05, 4.69) is 23.5 Å². The first kappa shape index (κ1) is 12.2. The third kappa shape index (κ3) is 2.79. The summed E-state index contributed by atoms with van der Waals surface area (Å²) < 4.78 is 0. The lowest BCUT2D eigenvalue weighted by molar-refractivity contribution is 0.191. The quantitative estimate of drug-likeness (QED) is 0.876. The highest BCUT2D eigenvalue weighted by molar-refractivity contribution is 5.50. The van der Waals surface area contributed by atoms with Gasteiger partial charge in [0, 0.05) is 12.2 Å². The molecule has 0 fully saturated rings. The molecular formula is C17H19NO. The monoisotopic (exact) mass is 253 g/mol. The zero-order chi connectivity index (χ0) is 13.1. The Morgan fingerprint density at radius 3 is 2.63 bits per heavy atom. The molecule has 98 valence electrons. The van der Waals surface area contributed by atoms with E-state index in [-0.39, 0.29) is 0 Å². The van der Waals surface area contributed by atoms with Crippen LogP contribution >= 0.6 is 0 Å². The van der Waals surface area contributed by atoms with Crippen molar-refractivity contribution in [1.82, 2.24) is 0 Å². The molecule has 0 radical (unpaired) electrons. The highest BCUT2D eigenvalue weighted by Crippen LogP contribution is 2.25. The van der Waals surface area contributed by atoms with Crippen LogP contribution in [0.1, 0.15) is 29.2 Å². The fourth-order valence-corrected chi connectivity index (χ4v) is 2.69. The van der Waals surface area contributed by atoms with Gasteiger partial charge < -0.3 is 10.4 Å². The molecule has 0 saturated carbocycles. The molecule has 1 aliphatic carbocycles. The van der Waals surface area contributed by atoms with Crippen LogP contribution in [0.3, 0.4) is 0 Å². The smallest absolute Gasteiger partial charge is 0.0962 e. The second-order valence-electron chi connectivity index (χ2n) is 5.14. The number of hydrogen-bond acceptors (Lipinski definition) is 2. The number of rotatable bonds is 4. The van der Waals surface area contributed by atoms with Gasteiger partial charge in [-0.3, -0.25) is 0 Å². The van der Waals surface area contributed by atoms with Crippen molar-refractivity contribution in [3.63, 3.8) is 0 Å². The highest BCUT2D eigenvalue weighted by atomic mass is 16.3. The molecule has 0 bridgehead atoms. The van der Waals surface area contributed by atoms with Crippen LogP contribution in [0.15, 0.2) is 48.5 Å². The predicted octanol–water partition coefficient (Wildman–Crippen LogP) is 3.32. The fourth-order valence-electron chi connectivity index (χ4n) is 2.69. The predicted molar refractivity (Wildman–Crippen MR) is 78.4 cm³/mol. The fraction of sp³-hybridized carbons (Fsp3) is 0.294. The van der Waals surface area contributed by atoms with Crippen LogP contribution in [0.2, 0.25) is 0 Å². The van der Waals surface area contributed by atoms with E-state index in [1.165, 1.54) is 30.4 Å². The molecule has 2 aromatic rings. The van der Waals surface area contributed by atoms with Crippen LogP contribution in [-0.4, -0.2) is 11.7 Å². The largest absolute Gasteiger partial charge is 0.387 e. The number of aryl methyl sites for hydroxylation is 2. The van der Waals surface area contributed by atoms with Gasteiger partial charge >= 0.3 is 0 Å². The molecule has 2 N–H and O–H groups in total. The summed E-state index contributed by atoms with van der Waals surface area (Å²) in [7, 11) is 0. The van der Waals surface area contributed by atoms with Gasteiger partial charge in [-0.2, -0.15) is 0 Å². The van der Waals surface area contributed by atoms with Gasteiger partial charge in [-0.05, 0) is 48.1 Å². The van der Waals surface area contributed by atoms with Gasteiger partial charge in [0.05, 0.1) is 6.10 Å². The maximum atomic E-state index is 10.1. The van der Waals surface area contributed by atoms with E-state index in [9.17, 15) is 5.11 Å². The summed E-state index contributed by atoms with van der Waals surface area (Å²) in [5.41, 5.74) is 5.00. The lowest BCUT2D eigenvalue weighted by atomic mass is 10.1. The SMILES string of the molecule is OC(CNc1ccc2c(c1)CCC2)c1ccccc1. The molecule has 0 amide bonds. The van der Waals surface area contributed by atoms with Gasteiger partial charge in [-0.1, -0.05) is 36.4 Å². The van der Waals surface area contributed by atoms with Crippen molar-refractivity contribution in [3.8, 4) is 0 Å². The molecule has 19 heavy (non-hydrogen) atoms. The van der Waals surface area contributed by atoms with Crippen molar-refractivity contribution < 1.29 is 5.11 Å². The number of aliphatic hydroxyl groups is 1. The van der Waals surface area contributed by atoms with Crippen LogP contribution in [0, 0.1) is 0 Å². The Morgan fingerprint density at radius 2 is 1.79 bits per heavy atom. The summed E-state index contributed by atoms with van der Waals surface area (Å²) in [5.74, 6) is 0. The minimum Gasteiger partial charge on any atom is -0.387 e. The normalized spacial score (nSPS) is 15.0. The molecule has 3 rings (SSSR count). The van der Waals surface area contributed by atoms with E-state index in [4.69, 9.17) is 0 Å². The number of aliphatic hydroxyl groups excluding tert-OH is 1. The lowest BCUT2D eigenvalue weighted by Crippen LogP contribution is -2.12. The van der Waals surface area contributed by atoms with Crippen LogP contribution in [0.25, 0.3) is 0 Å². The average molecular weight is 253 g/mol. The second-order valence-corrected chi connectivity index (χ2v) is 5.14. The molecule has 0 spiro atoms. The first-order chi connectivity index (χ1) is 9.33. The molecule has 0 saturated heterocycles. The van der Waals surface area contributed by atoms with Gasteiger partial charge in [-0.15, -0.1) is 0 Å². The summed E-state index contributed by atoms with van der Waals surface area (Å²) in [6.45, 7) is 0.544. The Bertz CT molecular complexity index is 550. The first-order valence-electron chi connectivity index (χ1n) is 6.91. The highest BCUT2D eigenvalue weighted by Gasteiger charge is 2.11. The van der Waals surface area contributed by atoms with Crippen LogP contribution in [-0.2, 0) is 12.8 Å². The number of benzene rings is 2. The summed E-state index contributed by atoms with van der Waals surface area (Å²) >= 11 is 0. The molecule has 0 aliphatic heterocycles. The van der Waals surface area contributed by atoms with E-state index in [0.717, 1.165) is 11.3 Å². The van der Waals surface area contributed by atoms with Gasteiger partial charge in [0.15, 0.2) is 0 Å². The Kier molecular flexibility index (Phi) is 3.51. The Morgan fingerprint density at radius 1 is 1.00 bits per heavy atom. The Labute approximate surface area is 114 Å². The first-order valence-corrected chi connectivity index (χ1v) is 6.91.